The maximum atomic E-state index is 12.9. The fourth-order valence-electron chi connectivity index (χ4n) is 3.38. The van der Waals surface area contributed by atoms with Crippen LogP contribution in [0.2, 0.25) is 0 Å². The molecule has 0 saturated carbocycles. The van der Waals surface area contributed by atoms with Crippen LogP contribution < -0.4 is 0 Å². The van der Waals surface area contributed by atoms with Crippen LogP contribution in [0.1, 0.15) is 68.2 Å². The van der Waals surface area contributed by atoms with Gasteiger partial charge in [0.1, 0.15) is 5.60 Å². The highest BCUT2D eigenvalue weighted by molar-refractivity contribution is 5.94. The third kappa shape index (κ3) is 4.14. The van der Waals surface area contributed by atoms with Crippen LogP contribution in [0.15, 0.2) is 0 Å². The van der Waals surface area contributed by atoms with Crippen molar-refractivity contribution in [3.63, 3.8) is 0 Å². The fourth-order valence-corrected chi connectivity index (χ4v) is 3.38. The Kier molecular flexibility index (Phi) is 5.01. The van der Waals surface area contributed by atoms with Crippen LogP contribution >= 0.6 is 0 Å². The summed E-state index contributed by atoms with van der Waals surface area (Å²) in [4.78, 5) is 28.8. The predicted molar refractivity (Wildman–Crippen MR) is 93.3 cm³/mol. The van der Waals surface area contributed by atoms with E-state index in [9.17, 15) is 9.59 Å². The largest absolute Gasteiger partial charge is 0.444 e. The van der Waals surface area contributed by atoms with E-state index in [1.54, 1.807) is 4.90 Å². The number of fused-ring (bicyclic) bond motifs is 1. The molecular weight excluding hydrogens is 320 g/mol. The van der Waals surface area contributed by atoms with E-state index in [1.165, 1.54) is 12.8 Å². The zero-order valence-electron chi connectivity index (χ0n) is 15.4. The zero-order valence-corrected chi connectivity index (χ0v) is 15.4. The number of ether oxygens (including phenoxy) is 1. The Morgan fingerprint density at radius 1 is 1.04 bits per heavy atom. The summed E-state index contributed by atoms with van der Waals surface area (Å²) in [6, 6.07) is 0. The van der Waals surface area contributed by atoms with Crippen molar-refractivity contribution in [1.82, 2.24) is 20.0 Å². The summed E-state index contributed by atoms with van der Waals surface area (Å²) in [5.74, 6) is -0.0227. The van der Waals surface area contributed by atoms with Gasteiger partial charge < -0.3 is 14.5 Å². The molecule has 1 aromatic heterocycles. The molecule has 1 aromatic rings. The summed E-state index contributed by atoms with van der Waals surface area (Å²) < 4.78 is 5.46. The summed E-state index contributed by atoms with van der Waals surface area (Å²) in [7, 11) is 0. The molecule has 25 heavy (non-hydrogen) atoms. The predicted octanol–water partition coefficient (Wildman–Crippen LogP) is 2.72. The number of amides is 2. The molecule has 3 heterocycles. The SMILES string of the molecule is CC(C)(C)OC(=O)N1CCc2[nH]nc(C(=O)N3CCCCCC3)c2C1. The Morgan fingerprint density at radius 3 is 2.36 bits per heavy atom. The van der Waals surface area contributed by atoms with Crippen molar-refractivity contribution in [2.75, 3.05) is 19.6 Å². The molecule has 1 N–H and O–H groups in total. The summed E-state index contributed by atoms with van der Waals surface area (Å²) in [5, 5.41) is 7.27. The van der Waals surface area contributed by atoms with E-state index in [0.717, 1.165) is 37.2 Å². The van der Waals surface area contributed by atoms with Gasteiger partial charge in [0.25, 0.3) is 5.91 Å². The highest BCUT2D eigenvalue weighted by atomic mass is 16.6. The topological polar surface area (TPSA) is 78.5 Å². The number of hydrogen-bond donors (Lipinski definition) is 1. The molecule has 1 fully saturated rings. The normalized spacial score (nSPS) is 18.5. The first kappa shape index (κ1) is 17.8. The van der Waals surface area contributed by atoms with Gasteiger partial charge in [0.15, 0.2) is 5.69 Å². The first-order valence-corrected chi connectivity index (χ1v) is 9.18. The lowest BCUT2D eigenvalue weighted by atomic mass is 10.0. The van der Waals surface area contributed by atoms with E-state index in [0.29, 0.717) is 25.2 Å². The third-order valence-corrected chi connectivity index (χ3v) is 4.68. The average molecular weight is 348 g/mol. The highest BCUT2D eigenvalue weighted by Gasteiger charge is 2.31. The molecule has 0 spiro atoms. The minimum atomic E-state index is -0.529. The van der Waals surface area contributed by atoms with Crippen molar-refractivity contribution >= 4 is 12.0 Å². The van der Waals surface area contributed by atoms with Gasteiger partial charge in [0.05, 0.1) is 6.54 Å². The molecule has 138 valence electrons. The van der Waals surface area contributed by atoms with Crippen LogP contribution in [0.4, 0.5) is 4.79 Å². The maximum absolute atomic E-state index is 12.9. The molecule has 0 aliphatic carbocycles. The monoisotopic (exact) mass is 348 g/mol. The minimum Gasteiger partial charge on any atom is -0.444 e. The fraction of sp³-hybridized carbons (Fsp3) is 0.722. The summed E-state index contributed by atoms with van der Waals surface area (Å²) in [6.07, 6.45) is 4.76. The number of H-pyrrole nitrogens is 1. The van der Waals surface area contributed by atoms with Crippen LogP contribution in [0.25, 0.3) is 0 Å². The van der Waals surface area contributed by atoms with Crippen molar-refractivity contribution in [2.24, 2.45) is 0 Å². The van der Waals surface area contributed by atoms with Gasteiger partial charge in [-0.2, -0.15) is 5.10 Å². The number of likely N-dealkylation sites (tertiary alicyclic amines) is 1. The summed E-state index contributed by atoms with van der Waals surface area (Å²) in [5.41, 5.74) is 1.73. The second kappa shape index (κ2) is 7.06. The average Bonchev–Trinajstić information content (AvgIpc) is 2.77. The number of aromatic nitrogens is 2. The number of nitrogens with zero attached hydrogens (tertiary/aromatic N) is 3. The molecule has 3 rings (SSSR count). The van der Waals surface area contributed by atoms with Gasteiger partial charge in [0.2, 0.25) is 0 Å². The van der Waals surface area contributed by atoms with Crippen LogP contribution in [-0.2, 0) is 17.7 Å². The van der Waals surface area contributed by atoms with Crippen molar-refractivity contribution in [1.29, 1.82) is 0 Å². The first-order valence-electron chi connectivity index (χ1n) is 9.18. The number of carbonyl (C=O) groups excluding carboxylic acids is 2. The van der Waals surface area contributed by atoms with E-state index in [1.807, 2.05) is 25.7 Å². The molecule has 0 unspecified atom stereocenters. The van der Waals surface area contributed by atoms with E-state index in [4.69, 9.17) is 4.74 Å². The Bertz CT molecular complexity index is 639. The van der Waals surface area contributed by atoms with Gasteiger partial charge in [-0.05, 0) is 33.6 Å². The van der Waals surface area contributed by atoms with Gasteiger partial charge in [-0.15, -0.1) is 0 Å². The van der Waals surface area contributed by atoms with Gasteiger partial charge in [-0.25, -0.2) is 4.79 Å². The molecule has 0 radical (unpaired) electrons. The smallest absolute Gasteiger partial charge is 0.410 e. The van der Waals surface area contributed by atoms with E-state index < -0.39 is 5.60 Å². The Balaban J connectivity index is 1.74. The third-order valence-electron chi connectivity index (χ3n) is 4.68. The molecular formula is C18H28N4O3. The maximum Gasteiger partial charge on any atom is 0.410 e. The number of rotatable bonds is 1. The van der Waals surface area contributed by atoms with E-state index in [2.05, 4.69) is 10.2 Å². The number of hydrogen-bond acceptors (Lipinski definition) is 4. The van der Waals surface area contributed by atoms with Crippen LogP contribution in [0, 0.1) is 0 Å². The van der Waals surface area contributed by atoms with Gasteiger partial charge in [-0.1, -0.05) is 12.8 Å². The van der Waals surface area contributed by atoms with Crippen molar-refractivity contribution in [3.8, 4) is 0 Å². The first-order chi connectivity index (χ1) is 11.8. The highest BCUT2D eigenvalue weighted by Crippen LogP contribution is 2.24. The molecule has 7 nitrogen and oxygen atoms in total. The van der Waals surface area contributed by atoms with Gasteiger partial charge in [0, 0.05) is 37.3 Å². The molecule has 1 saturated heterocycles. The second-order valence-electron chi connectivity index (χ2n) is 7.89. The quantitative estimate of drug-likeness (QED) is 0.846. The molecule has 0 atom stereocenters. The lowest BCUT2D eigenvalue weighted by Crippen LogP contribution is -2.40. The molecule has 2 amide bonds. The molecule has 0 aromatic carbocycles. The number of aromatic amines is 1. The number of carbonyl (C=O) groups is 2. The summed E-state index contributed by atoms with van der Waals surface area (Å²) >= 11 is 0. The van der Waals surface area contributed by atoms with E-state index >= 15 is 0 Å². The lowest BCUT2D eigenvalue weighted by Gasteiger charge is -2.30. The van der Waals surface area contributed by atoms with Crippen LogP contribution in [0.3, 0.4) is 0 Å². The molecule has 7 heteroatoms. The Labute approximate surface area is 148 Å². The molecule has 2 aliphatic rings. The minimum absolute atomic E-state index is 0.0227. The number of nitrogens with one attached hydrogen (secondary N) is 1. The zero-order chi connectivity index (χ0) is 18.0. The molecule has 2 aliphatic heterocycles. The van der Waals surface area contributed by atoms with Gasteiger partial charge >= 0.3 is 6.09 Å². The lowest BCUT2D eigenvalue weighted by molar-refractivity contribution is 0.0222. The molecule has 0 bridgehead atoms. The summed E-state index contributed by atoms with van der Waals surface area (Å²) in [6.45, 7) is 8.08. The van der Waals surface area contributed by atoms with Crippen molar-refractivity contribution in [2.45, 2.75) is 65.0 Å². The van der Waals surface area contributed by atoms with Crippen LogP contribution in [0.5, 0.6) is 0 Å². The van der Waals surface area contributed by atoms with Crippen LogP contribution in [-0.4, -0.2) is 57.2 Å². The second-order valence-corrected chi connectivity index (χ2v) is 7.89. The van der Waals surface area contributed by atoms with E-state index in [-0.39, 0.29) is 12.0 Å². The van der Waals surface area contributed by atoms with Crippen molar-refractivity contribution < 1.29 is 14.3 Å². The Morgan fingerprint density at radius 2 is 1.72 bits per heavy atom. The standard InChI is InChI=1S/C18H28N4O3/c1-18(2,3)25-17(24)22-11-8-14-13(12-22)15(20-19-14)16(23)21-9-6-4-5-7-10-21/h4-12H2,1-3H3,(H,19,20). The Hall–Kier alpha value is -2.05. The van der Waals surface area contributed by atoms with Crippen molar-refractivity contribution in [3.05, 3.63) is 17.0 Å². The van der Waals surface area contributed by atoms with Gasteiger partial charge in [-0.3, -0.25) is 9.89 Å².